The lowest BCUT2D eigenvalue weighted by molar-refractivity contribution is 0.198. The van der Waals surface area contributed by atoms with Gasteiger partial charge in [0.15, 0.2) is 0 Å². The Hall–Kier alpha value is -1.90. The molecule has 0 unspecified atom stereocenters. The molecule has 21 heavy (non-hydrogen) atoms. The summed E-state index contributed by atoms with van der Waals surface area (Å²) in [4.78, 5) is 2.61. The normalized spacial score (nSPS) is 18.9. The van der Waals surface area contributed by atoms with E-state index < -0.39 is 0 Å². The highest BCUT2D eigenvalue weighted by molar-refractivity contribution is 5.76. The van der Waals surface area contributed by atoms with Gasteiger partial charge in [0.1, 0.15) is 0 Å². The maximum absolute atomic E-state index is 3.46. The average Bonchev–Trinajstić information content (AvgIpc) is 2.72. The summed E-state index contributed by atoms with van der Waals surface area (Å²) in [5.41, 5.74) is 5.55. The second kappa shape index (κ2) is 5.47. The molecule has 0 atom stereocenters. The van der Waals surface area contributed by atoms with Crippen LogP contribution in [0.4, 0.5) is 0 Å². The van der Waals surface area contributed by atoms with Crippen molar-refractivity contribution >= 4 is 12.2 Å². The third kappa shape index (κ3) is 2.31. The molecule has 0 aromatic heterocycles. The fourth-order valence-electron chi connectivity index (χ4n) is 3.50. The molecule has 0 spiro atoms. The van der Waals surface area contributed by atoms with Crippen LogP contribution in [0, 0.1) is 0 Å². The molecule has 2 aliphatic rings. The summed E-state index contributed by atoms with van der Waals surface area (Å²) in [6.07, 6.45) is 4.52. The molecule has 0 bridgehead atoms. The van der Waals surface area contributed by atoms with Crippen molar-refractivity contribution in [1.29, 1.82) is 0 Å². The minimum absolute atomic E-state index is 0.370. The Kier molecular flexibility index (Phi) is 3.34. The van der Waals surface area contributed by atoms with Gasteiger partial charge in [-0.2, -0.15) is 0 Å². The molecule has 1 saturated heterocycles. The van der Waals surface area contributed by atoms with Crippen molar-refractivity contribution in [2.75, 3.05) is 26.2 Å². The zero-order valence-corrected chi connectivity index (χ0v) is 12.1. The Labute approximate surface area is 126 Å². The van der Waals surface area contributed by atoms with Gasteiger partial charge in [0.2, 0.25) is 0 Å². The van der Waals surface area contributed by atoms with Crippen LogP contribution in [0.1, 0.15) is 28.3 Å². The number of hydrogen-bond donors (Lipinski definition) is 1. The van der Waals surface area contributed by atoms with Crippen molar-refractivity contribution in [3.8, 4) is 0 Å². The fraction of sp³-hybridized carbons (Fsp3) is 0.263. The van der Waals surface area contributed by atoms with E-state index in [0.29, 0.717) is 6.04 Å². The van der Waals surface area contributed by atoms with E-state index in [1.165, 1.54) is 22.3 Å². The topological polar surface area (TPSA) is 15.3 Å². The van der Waals surface area contributed by atoms with Gasteiger partial charge >= 0.3 is 0 Å². The first-order valence-electron chi connectivity index (χ1n) is 7.74. The average molecular weight is 276 g/mol. The standard InChI is InChI=1S/C19H20N2/c1-3-7-17-15(5-1)9-10-16-6-2-4-8-18(16)19(17)21-13-11-20-12-14-21/h1-10,19-20H,11-14H2. The van der Waals surface area contributed by atoms with Crippen molar-refractivity contribution in [2.45, 2.75) is 6.04 Å². The van der Waals surface area contributed by atoms with Crippen molar-refractivity contribution in [3.05, 3.63) is 70.8 Å². The van der Waals surface area contributed by atoms with Gasteiger partial charge in [-0.15, -0.1) is 0 Å². The number of benzene rings is 2. The lowest BCUT2D eigenvalue weighted by Gasteiger charge is -2.36. The van der Waals surface area contributed by atoms with E-state index in [0.717, 1.165) is 26.2 Å². The van der Waals surface area contributed by atoms with Gasteiger partial charge in [0, 0.05) is 26.2 Å². The van der Waals surface area contributed by atoms with Gasteiger partial charge < -0.3 is 5.32 Å². The Morgan fingerprint density at radius 2 is 1.29 bits per heavy atom. The van der Waals surface area contributed by atoms with Crippen molar-refractivity contribution in [1.82, 2.24) is 10.2 Å². The molecule has 0 amide bonds. The maximum atomic E-state index is 3.46. The smallest absolute Gasteiger partial charge is 0.0614 e. The highest BCUT2D eigenvalue weighted by Crippen LogP contribution is 2.36. The summed E-state index contributed by atoms with van der Waals surface area (Å²) in [5, 5.41) is 3.46. The van der Waals surface area contributed by atoms with Gasteiger partial charge in [0.05, 0.1) is 6.04 Å². The largest absolute Gasteiger partial charge is 0.314 e. The fourth-order valence-corrected chi connectivity index (χ4v) is 3.50. The minimum Gasteiger partial charge on any atom is -0.314 e. The molecule has 1 N–H and O–H groups in total. The minimum atomic E-state index is 0.370. The maximum Gasteiger partial charge on any atom is 0.0614 e. The van der Waals surface area contributed by atoms with E-state index in [9.17, 15) is 0 Å². The number of nitrogens with zero attached hydrogens (tertiary/aromatic N) is 1. The lowest BCUT2D eigenvalue weighted by Crippen LogP contribution is -2.45. The first kappa shape index (κ1) is 12.8. The first-order chi connectivity index (χ1) is 10.4. The van der Waals surface area contributed by atoms with Crippen LogP contribution in [0.15, 0.2) is 48.5 Å². The van der Waals surface area contributed by atoms with Gasteiger partial charge in [-0.25, -0.2) is 0 Å². The summed E-state index contributed by atoms with van der Waals surface area (Å²) in [6, 6.07) is 18.0. The van der Waals surface area contributed by atoms with E-state index in [2.05, 4.69) is 70.9 Å². The molecule has 4 rings (SSSR count). The number of piperazine rings is 1. The second-order valence-corrected chi connectivity index (χ2v) is 5.78. The summed E-state index contributed by atoms with van der Waals surface area (Å²) >= 11 is 0. The zero-order chi connectivity index (χ0) is 14.1. The summed E-state index contributed by atoms with van der Waals surface area (Å²) in [5.74, 6) is 0. The predicted molar refractivity (Wildman–Crippen MR) is 88.1 cm³/mol. The molecule has 1 aliphatic carbocycles. The van der Waals surface area contributed by atoms with Crippen LogP contribution in [0.3, 0.4) is 0 Å². The molecule has 2 aromatic rings. The highest BCUT2D eigenvalue weighted by atomic mass is 15.2. The molecular weight excluding hydrogens is 256 g/mol. The Morgan fingerprint density at radius 3 is 1.86 bits per heavy atom. The zero-order valence-electron chi connectivity index (χ0n) is 12.1. The molecule has 2 nitrogen and oxygen atoms in total. The number of fused-ring (bicyclic) bond motifs is 2. The van der Waals surface area contributed by atoms with Crippen LogP contribution in [-0.4, -0.2) is 31.1 Å². The molecule has 2 heteroatoms. The van der Waals surface area contributed by atoms with Crippen LogP contribution in [0.5, 0.6) is 0 Å². The number of nitrogens with one attached hydrogen (secondary N) is 1. The van der Waals surface area contributed by atoms with E-state index in [-0.39, 0.29) is 0 Å². The van der Waals surface area contributed by atoms with Gasteiger partial charge in [-0.1, -0.05) is 60.7 Å². The predicted octanol–water partition coefficient (Wildman–Crippen LogP) is 3.17. The molecule has 2 aromatic carbocycles. The molecule has 0 radical (unpaired) electrons. The summed E-state index contributed by atoms with van der Waals surface area (Å²) in [7, 11) is 0. The quantitative estimate of drug-likeness (QED) is 0.860. The van der Waals surface area contributed by atoms with E-state index in [1.807, 2.05) is 0 Å². The molecule has 0 saturated carbocycles. The summed E-state index contributed by atoms with van der Waals surface area (Å²) in [6.45, 7) is 4.36. The Morgan fingerprint density at radius 1 is 0.762 bits per heavy atom. The molecule has 1 fully saturated rings. The Bertz CT molecular complexity index is 619. The molecule has 1 aliphatic heterocycles. The van der Waals surface area contributed by atoms with Crippen molar-refractivity contribution < 1.29 is 0 Å². The molecular formula is C19H20N2. The Balaban J connectivity index is 1.88. The van der Waals surface area contributed by atoms with E-state index in [1.54, 1.807) is 0 Å². The van der Waals surface area contributed by atoms with Crippen LogP contribution < -0.4 is 5.32 Å². The number of hydrogen-bond acceptors (Lipinski definition) is 2. The van der Waals surface area contributed by atoms with Crippen molar-refractivity contribution in [2.24, 2.45) is 0 Å². The summed E-state index contributed by atoms with van der Waals surface area (Å²) < 4.78 is 0. The van der Waals surface area contributed by atoms with E-state index in [4.69, 9.17) is 0 Å². The van der Waals surface area contributed by atoms with E-state index >= 15 is 0 Å². The molecule has 1 heterocycles. The third-order valence-corrected chi connectivity index (χ3v) is 4.54. The van der Waals surface area contributed by atoms with Crippen molar-refractivity contribution in [3.63, 3.8) is 0 Å². The first-order valence-corrected chi connectivity index (χ1v) is 7.74. The SMILES string of the molecule is C1=Cc2ccccc2C(N2CCNCC2)c2ccccc21. The van der Waals surface area contributed by atoms with Gasteiger partial charge in [-0.05, 0) is 22.3 Å². The lowest BCUT2D eigenvalue weighted by atomic mass is 9.92. The van der Waals surface area contributed by atoms with Gasteiger partial charge in [0.25, 0.3) is 0 Å². The second-order valence-electron chi connectivity index (χ2n) is 5.78. The highest BCUT2D eigenvalue weighted by Gasteiger charge is 2.27. The van der Waals surface area contributed by atoms with Crippen LogP contribution >= 0.6 is 0 Å². The van der Waals surface area contributed by atoms with Crippen LogP contribution in [0.2, 0.25) is 0 Å². The monoisotopic (exact) mass is 276 g/mol. The third-order valence-electron chi connectivity index (χ3n) is 4.54. The molecule has 106 valence electrons. The van der Waals surface area contributed by atoms with Crippen LogP contribution in [0.25, 0.3) is 12.2 Å². The van der Waals surface area contributed by atoms with Crippen LogP contribution in [-0.2, 0) is 0 Å². The van der Waals surface area contributed by atoms with Gasteiger partial charge in [-0.3, -0.25) is 4.90 Å². The number of rotatable bonds is 1.